The van der Waals surface area contributed by atoms with Crippen LogP contribution in [0.3, 0.4) is 0 Å². The molecule has 1 aromatic heterocycles. The van der Waals surface area contributed by atoms with Crippen molar-refractivity contribution >= 4 is 21.4 Å². The molecule has 3 rings (SSSR count). The zero-order valence-electron chi connectivity index (χ0n) is 13.2. The summed E-state index contributed by atoms with van der Waals surface area (Å²) >= 11 is 1.84. The number of hydrogen-bond donors (Lipinski definition) is 0. The Balaban J connectivity index is 1.68. The minimum absolute atomic E-state index is 0.00109. The van der Waals surface area contributed by atoms with E-state index < -0.39 is 10.0 Å². The lowest BCUT2D eigenvalue weighted by Crippen LogP contribution is -2.53. The molecule has 2 aliphatic heterocycles. The van der Waals surface area contributed by atoms with Crippen LogP contribution in [0.1, 0.15) is 22.6 Å². The van der Waals surface area contributed by atoms with E-state index >= 15 is 0 Å². The molecule has 2 saturated heterocycles. The minimum Gasteiger partial charge on any atom is -0.375 e. The molecule has 124 valence electrons. The summed E-state index contributed by atoms with van der Waals surface area (Å²) in [5.74, 6) is 0. The van der Waals surface area contributed by atoms with Gasteiger partial charge in [-0.15, -0.1) is 11.3 Å². The van der Waals surface area contributed by atoms with Crippen LogP contribution in [0, 0.1) is 6.92 Å². The number of ether oxygens (including phenoxy) is 1. The molecule has 0 aliphatic carbocycles. The third-order valence-electron chi connectivity index (χ3n) is 4.52. The number of morpholine rings is 1. The van der Waals surface area contributed by atoms with Crippen LogP contribution in [0.15, 0.2) is 12.1 Å². The Hall–Kier alpha value is -0.470. The number of rotatable bonds is 3. The zero-order valence-corrected chi connectivity index (χ0v) is 14.8. The van der Waals surface area contributed by atoms with Crippen LogP contribution in [0.2, 0.25) is 0 Å². The summed E-state index contributed by atoms with van der Waals surface area (Å²) in [5, 5.41) is 0. The number of likely N-dealkylation sites (tertiary alicyclic amines) is 1. The maximum Gasteiger partial charge on any atom is 0.211 e. The Morgan fingerprint density at radius 2 is 2.05 bits per heavy atom. The van der Waals surface area contributed by atoms with Gasteiger partial charge in [0.15, 0.2) is 0 Å². The van der Waals surface area contributed by atoms with Gasteiger partial charge in [-0.2, -0.15) is 4.31 Å². The Labute approximate surface area is 136 Å². The molecule has 7 heteroatoms. The summed E-state index contributed by atoms with van der Waals surface area (Å²) in [5.41, 5.74) is 0. The van der Waals surface area contributed by atoms with Crippen LogP contribution in [0.5, 0.6) is 0 Å². The molecular formula is C15H24N2O3S2. The summed E-state index contributed by atoms with van der Waals surface area (Å²) in [6.45, 7) is 5.98. The van der Waals surface area contributed by atoms with Crippen LogP contribution in [-0.2, 0) is 21.3 Å². The largest absolute Gasteiger partial charge is 0.375 e. The molecule has 0 amide bonds. The van der Waals surface area contributed by atoms with E-state index in [-0.39, 0.29) is 12.1 Å². The quantitative estimate of drug-likeness (QED) is 0.837. The van der Waals surface area contributed by atoms with Crippen molar-refractivity contribution in [1.29, 1.82) is 0 Å². The molecule has 2 atom stereocenters. The fraction of sp³-hybridized carbons (Fsp3) is 0.733. The first-order chi connectivity index (χ1) is 10.4. The molecule has 0 radical (unpaired) electrons. The minimum atomic E-state index is -3.15. The Kier molecular flexibility index (Phi) is 4.89. The topological polar surface area (TPSA) is 49.9 Å². The average molecular weight is 345 g/mol. The van der Waals surface area contributed by atoms with Gasteiger partial charge in [0.1, 0.15) is 0 Å². The van der Waals surface area contributed by atoms with Crippen LogP contribution in [-0.4, -0.2) is 62.3 Å². The second-order valence-corrected chi connectivity index (χ2v) is 9.52. The van der Waals surface area contributed by atoms with Gasteiger partial charge in [0.25, 0.3) is 0 Å². The molecule has 0 aromatic carbocycles. The molecule has 2 aliphatic rings. The Morgan fingerprint density at radius 1 is 1.27 bits per heavy atom. The highest BCUT2D eigenvalue weighted by Crippen LogP contribution is 2.27. The SMILES string of the molecule is Cc1ccc(CN2CC[C@@H]3OCCN(S(C)(=O)=O)[C@H]3CC2)s1. The first-order valence-electron chi connectivity index (χ1n) is 7.79. The zero-order chi connectivity index (χ0) is 15.7. The molecule has 22 heavy (non-hydrogen) atoms. The Bertz CT molecular complexity index is 614. The van der Waals surface area contributed by atoms with Crippen molar-refractivity contribution in [3.8, 4) is 0 Å². The van der Waals surface area contributed by atoms with E-state index in [1.54, 1.807) is 4.31 Å². The summed E-state index contributed by atoms with van der Waals surface area (Å²) < 4.78 is 31.5. The van der Waals surface area contributed by atoms with Crippen molar-refractivity contribution < 1.29 is 13.2 Å². The van der Waals surface area contributed by atoms with Crippen molar-refractivity contribution in [2.75, 3.05) is 32.5 Å². The number of nitrogens with zero attached hydrogens (tertiary/aromatic N) is 2. The number of sulfonamides is 1. The highest BCUT2D eigenvalue weighted by molar-refractivity contribution is 7.88. The van der Waals surface area contributed by atoms with Crippen molar-refractivity contribution in [2.24, 2.45) is 0 Å². The van der Waals surface area contributed by atoms with Crippen molar-refractivity contribution in [1.82, 2.24) is 9.21 Å². The van der Waals surface area contributed by atoms with E-state index in [1.165, 1.54) is 16.0 Å². The predicted octanol–water partition coefficient (Wildman–Crippen LogP) is 1.68. The number of aryl methyl sites for hydroxylation is 1. The highest BCUT2D eigenvalue weighted by Gasteiger charge is 2.38. The lowest BCUT2D eigenvalue weighted by molar-refractivity contribution is -0.0407. The van der Waals surface area contributed by atoms with E-state index in [4.69, 9.17) is 4.74 Å². The van der Waals surface area contributed by atoms with Gasteiger partial charge in [-0.25, -0.2) is 8.42 Å². The molecule has 0 bridgehead atoms. The van der Waals surface area contributed by atoms with Gasteiger partial charge in [0.05, 0.1) is 25.0 Å². The van der Waals surface area contributed by atoms with E-state index in [0.29, 0.717) is 13.2 Å². The van der Waals surface area contributed by atoms with Crippen molar-refractivity contribution in [3.05, 3.63) is 21.9 Å². The fourth-order valence-electron chi connectivity index (χ4n) is 3.46. The van der Waals surface area contributed by atoms with Crippen LogP contribution in [0.25, 0.3) is 0 Å². The molecule has 1 aromatic rings. The van der Waals surface area contributed by atoms with E-state index in [2.05, 4.69) is 24.0 Å². The number of fused-ring (bicyclic) bond motifs is 1. The fourth-order valence-corrected chi connectivity index (χ4v) is 5.53. The standard InChI is InChI=1S/C15H24N2O3S2/c1-12-3-4-13(21-12)11-16-7-5-14-15(6-8-16)20-10-9-17(14)22(2,18)19/h3-4,14-15H,5-11H2,1-2H3/t14-,15-/m0/s1. The van der Waals surface area contributed by atoms with Gasteiger partial charge in [-0.05, 0) is 31.9 Å². The summed E-state index contributed by atoms with van der Waals surface area (Å²) in [4.78, 5) is 5.14. The number of thiophene rings is 1. The third-order valence-corrected chi connectivity index (χ3v) is 6.81. The van der Waals surface area contributed by atoms with Gasteiger partial charge in [-0.1, -0.05) is 0 Å². The van der Waals surface area contributed by atoms with Crippen LogP contribution in [0.4, 0.5) is 0 Å². The predicted molar refractivity (Wildman–Crippen MR) is 88.6 cm³/mol. The Morgan fingerprint density at radius 3 is 2.73 bits per heavy atom. The van der Waals surface area contributed by atoms with Gasteiger partial charge in [0, 0.05) is 35.9 Å². The first-order valence-corrected chi connectivity index (χ1v) is 10.5. The van der Waals surface area contributed by atoms with Crippen molar-refractivity contribution in [2.45, 2.75) is 38.5 Å². The molecule has 0 spiro atoms. The van der Waals surface area contributed by atoms with Gasteiger partial charge >= 0.3 is 0 Å². The molecule has 0 saturated carbocycles. The molecular weight excluding hydrogens is 320 g/mol. The monoisotopic (exact) mass is 344 g/mol. The third kappa shape index (κ3) is 3.71. The van der Waals surface area contributed by atoms with E-state index in [1.807, 2.05) is 11.3 Å². The second kappa shape index (κ2) is 6.57. The van der Waals surface area contributed by atoms with Gasteiger partial charge in [-0.3, -0.25) is 4.90 Å². The maximum atomic E-state index is 12.0. The maximum absolute atomic E-state index is 12.0. The normalized spacial score (nSPS) is 28.3. The lowest BCUT2D eigenvalue weighted by Gasteiger charge is -2.38. The summed E-state index contributed by atoms with van der Waals surface area (Å²) in [6, 6.07) is 4.35. The molecule has 0 N–H and O–H groups in total. The van der Waals surface area contributed by atoms with Gasteiger partial charge in [0.2, 0.25) is 10.0 Å². The smallest absolute Gasteiger partial charge is 0.211 e. The number of hydrogen-bond acceptors (Lipinski definition) is 5. The first kappa shape index (κ1) is 16.4. The lowest BCUT2D eigenvalue weighted by atomic mass is 10.0. The second-order valence-electron chi connectivity index (χ2n) is 6.22. The van der Waals surface area contributed by atoms with Crippen LogP contribution < -0.4 is 0 Å². The average Bonchev–Trinajstić information content (AvgIpc) is 2.74. The van der Waals surface area contributed by atoms with Crippen LogP contribution >= 0.6 is 11.3 Å². The van der Waals surface area contributed by atoms with E-state index in [0.717, 1.165) is 32.5 Å². The van der Waals surface area contributed by atoms with Gasteiger partial charge < -0.3 is 4.74 Å². The summed E-state index contributed by atoms with van der Waals surface area (Å²) in [7, 11) is -3.15. The molecule has 5 nitrogen and oxygen atoms in total. The van der Waals surface area contributed by atoms with E-state index in [9.17, 15) is 8.42 Å². The highest BCUT2D eigenvalue weighted by atomic mass is 32.2. The summed E-state index contributed by atoms with van der Waals surface area (Å²) in [6.07, 6.45) is 3.11. The van der Waals surface area contributed by atoms with Crippen molar-refractivity contribution in [3.63, 3.8) is 0 Å². The molecule has 2 fully saturated rings. The molecule has 0 unspecified atom stereocenters. The molecule has 3 heterocycles.